The molecule has 0 radical (unpaired) electrons. The molecule has 1 N–H and O–H groups in total. The Morgan fingerprint density at radius 3 is 2.62 bits per heavy atom. The first-order valence-electron chi connectivity index (χ1n) is 10.2. The summed E-state index contributed by atoms with van der Waals surface area (Å²) in [6.45, 7) is 3.48. The molecule has 6 heteroatoms. The fourth-order valence-corrected chi connectivity index (χ4v) is 4.30. The molecule has 0 atom stereocenters. The molecule has 2 amide bonds. The van der Waals surface area contributed by atoms with E-state index < -0.39 is 0 Å². The molecule has 2 aliphatic rings. The number of likely N-dealkylation sites (tertiary alicyclic amines) is 1. The largest absolute Gasteiger partial charge is 0.507 e. The number of phenols is 1. The molecule has 152 valence electrons. The van der Waals surface area contributed by atoms with Gasteiger partial charge in [0.15, 0.2) is 0 Å². The SMILES string of the molecule is CCOc1ccc(C(=O)N2CCC(N3C(=O)CCc4ccccc43)CC2)c(O)c1. The molecular weight excluding hydrogens is 368 g/mol. The molecule has 4 rings (SSSR count). The van der Waals surface area contributed by atoms with Crippen LogP contribution in [-0.4, -0.2) is 47.6 Å². The van der Waals surface area contributed by atoms with Crippen LogP contribution in [0.2, 0.25) is 0 Å². The van der Waals surface area contributed by atoms with Crippen molar-refractivity contribution in [2.75, 3.05) is 24.6 Å². The van der Waals surface area contributed by atoms with Gasteiger partial charge in [-0.05, 0) is 49.9 Å². The number of carbonyl (C=O) groups excluding carboxylic acids is 2. The molecule has 0 aliphatic carbocycles. The molecular formula is C23H26N2O4. The number of carbonyl (C=O) groups is 2. The number of nitrogens with zero attached hydrogens (tertiary/aromatic N) is 2. The first-order valence-corrected chi connectivity index (χ1v) is 10.2. The van der Waals surface area contributed by atoms with E-state index in [0.29, 0.717) is 31.9 Å². The number of ether oxygens (including phenoxy) is 1. The minimum Gasteiger partial charge on any atom is -0.507 e. The first kappa shape index (κ1) is 19.3. The standard InChI is InChI=1S/C23H26N2O4/c1-2-29-18-8-9-19(21(26)15-18)23(28)24-13-11-17(12-14-24)25-20-6-4-3-5-16(20)7-10-22(25)27/h3-6,8-9,15,17,26H,2,7,10-14H2,1H3. The topological polar surface area (TPSA) is 70.1 Å². The first-order chi connectivity index (χ1) is 14.1. The highest BCUT2D eigenvalue weighted by Crippen LogP contribution is 2.33. The number of aryl methyl sites for hydroxylation is 1. The van der Waals surface area contributed by atoms with Gasteiger partial charge in [-0.1, -0.05) is 18.2 Å². The van der Waals surface area contributed by atoms with Crippen LogP contribution in [0, 0.1) is 0 Å². The van der Waals surface area contributed by atoms with Crippen molar-refractivity contribution in [2.45, 2.75) is 38.6 Å². The van der Waals surface area contributed by atoms with Crippen LogP contribution in [0.15, 0.2) is 42.5 Å². The second kappa shape index (κ2) is 8.15. The third-order valence-corrected chi connectivity index (χ3v) is 5.76. The summed E-state index contributed by atoms with van der Waals surface area (Å²) in [5.74, 6) is 0.456. The lowest BCUT2D eigenvalue weighted by Crippen LogP contribution is -2.50. The number of para-hydroxylation sites is 1. The van der Waals surface area contributed by atoms with Crippen molar-refractivity contribution in [3.8, 4) is 11.5 Å². The van der Waals surface area contributed by atoms with Crippen molar-refractivity contribution in [3.05, 3.63) is 53.6 Å². The summed E-state index contributed by atoms with van der Waals surface area (Å²) >= 11 is 0. The zero-order valence-corrected chi connectivity index (χ0v) is 16.6. The lowest BCUT2D eigenvalue weighted by molar-refractivity contribution is -0.119. The molecule has 2 aromatic carbocycles. The molecule has 0 spiro atoms. The van der Waals surface area contributed by atoms with Crippen molar-refractivity contribution < 1.29 is 19.4 Å². The van der Waals surface area contributed by atoms with Crippen molar-refractivity contribution in [1.29, 1.82) is 0 Å². The highest BCUT2D eigenvalue weighted by atomic mass is 16.5. The highest BCUT2D eigenvalue weighted by Gasteiger charge is 2.34. The number of aromatic hydroxyl groups is 1. The molecule has 1 fully saturated rings. The van der Waals surface area contributed by atoms with Crippen LogP contribution in [-0.2, 0) is 11.2 Å². The number of amides is 2. The van der Waals surface area contributed by atoms with Crippen LogP contribution in [0.5, 0.6) is 11.5 Å². The van der Waals surface area contributed by atoms with Crippen LogP contribution >= 0.6 is 0 Å². The highest BCUT2D eigenvalue weighted by molar-refractivity contribution is 5.98. The van der Waals surface area contributed by atoms with Crippen LogP contribution in [0.25, 0.3) is 0 Å². The average Bonchev–Trinajstić information content (AvgIpc) is 2.74. The second-order valence-corrected chi connectivity index (χ2v) is 7.53. The number of piperidine rings is 1. The summed E-state index contributed by atoms with van der Waals surface area (Å²) in [6, 6.07) is 13.0. The van der Waals surface area contributed by atoms with Crippen molar-refractivity contribution in [1.82, 2.24) is 4.90 Å². The lowest BCUT2D eigenvalue weighted by Gasteiger charge is -2.41. The zero-order valence-electron chi connectivity index (χ0n) is 16.6. The smallest absolute Gasteiger partial charge is 0.257 e. The van der Waals surface area contributed by atoms with Crippen molar-refractivity contribution in [2.24, 2.45) is 0 Å². The summed E-state index contributed by atoms with van der Waals surface area (Å²) < 4.78 is 5.36. The molecule has 0 saturated carbocycles. The molecule has 2 aromatic rings. The van der Waals surface area contributed by atoms with Gasteiger partial charge in [0.1, 0.15) is 11.5 Å². The normalized spacial score (nSPS) is 17.2. The number of anilines is 1. The fourth-order valence-electron chi connectivity index (χ4n) is 4.30. The monoisotopic (exact) mass is 394 g/mol. The van der Waals surface area contributed by atoms with Crippen LogP contribution in [0.4, 0.5) is 5.69 Å². The predicted molar refractivity (Wildman–Crippen MR) is 110 cm³/mol. The third-order valence-electron chi connectivity index (χ3n) is 5.76. The number of rotatable bonds is 4. The van der Waals surface area contributed by atoms with Gasteiger partial charge in [-0.25, -0.2) is 0 Å². The zero-order chi connectivity index (χ0) is 20.4. The Hall–Kier alpha value is -3.02. The average molecular weight is 394 g/mol. The summed E-state index contributed by atoms with van der Waals surface area (Å²) in [5.41, 5.74) is 2.51. The van der Waals surface area contributed by atoms with Gasteiger partial charge < -0.3 is 19.6 Å². The number of hydrogen-bond acceptors (Lipinski definition) is 4. The maximum absolute atomic E-state index is 12.9. The Labute approximate surface area is 170 Å². The fraction of sp³-hybridized carbons (Fsp3) is 0.391. The predicted octanol–water partition coefficient (Wildman–Crippen LogP) is 3.37. The molecule has 2 aliphatic heterocycles. The summed E-state index contributed by atoms with van der Waals surface area (Å²) in [4.78, 5) is 29.2. The number of benzene rings is 2. The summed E-state index contributed by atoms with van der Waals surface area (Å²) in [5, 5.41) is 10.2. The molecule has 2 heterocycles. The van der Waals surface area contributed by atoms with E-state index in [1.807, 2.05) is 30.0 Å². The van der Waals surface area contributed by atoms with E-state index in [1.165, 1.54) is 11.6 Å². The van der Waals surface area contributed by atoms with Crippen LogP contribution in [0.1, 0.15) is 42.1 Å². The number of hydrogen-bond donors (Lipinski definition) is 1. The van der Waals surface area contributed by atoms with E-state index in [9.17, 15) is 14.7 Å². The number of fused-ring (bicyclic) bond motifs is 1. The Kier molecular flexibility index (Phi) is 5.43. The minimum atomic E-state index is -0.186. The van der Waals surface area contributed by atoms with Gasteiger partial charge in [-0.2, -0.15) is 0 Å². The van der Waals surface area contributed by atoms with Crippen LogP contribution in [0.3, 0.4) is 0 Å². The Bertz CT molecular complexity index is 919. The van der Waals surface area contributed by atoms with Gasteiger partial charge >= 0.3 is 0 Å². The molecule has 0 unspecified atom stereocenters. The van der Waals surface area contributed by atoms with Gasteiger partial charge in [0.2, 0.25) is 5.91 Å². The lowest BCUT2D eigenvalue weighted by atomic mass is 9.95. The summed E-state index contributed by atoms with van der Waals surface area (Å²) in [7, 11) is 0. The van der Waals surface area contributed by atoms with Gasteiger partial charge in [-0.15, -0.1) is 0 Å². The van der Waals surface area contributed by atoms with Crippen molar-refractivity contribution in [3.63, 3.8) is 0 Å². The van der Waals surface area contributed by atoms with E-state index in [-0.39, 0.29) is 29.2 Å². The maximum atomic E-state index is 12.9. The second-order valence-electron chi connectivity index (χ2n) is 7.53. The van der Waals surface area contributed by atoms with Crippen molar-refractivity contribution >= 4 is 17.5 Å². The van der Waals surface area contributed by atoms with Gasteiger partial charge in [0.05, 0.1) is 12.2 Å². The van der Waals surface area contributed by atoms with E-state index in [2.05, 4.69) is 6.07 Å². The molecule has 1 saturated heterocycles. The minimum absolute atomic E-state index is 0.0665. The number of phenolic OH excluding ortho intramolecular Hbond substituents is 1. The third kappa shape index (κ3) is 3.79. The summed E-state index contributed by atoms with van der Waals surface area (Å²) in [6.07, 6.45) is 2.78. The molecule has 6 nitrogen and oxygen atoms in total. The Balaban J connectivity index is 1.45. The van der Waals surface area contributed by atoms with Crippen LogP contribution < -0.4 is 9.64 Å². The molecule has 0 bridgehead atoms. The molecule has 0 aromatic heterocycles. The maximum Gasteiger partial charge on any atom is 0.257 e. The van der Waals surface area contributed by atoms with Gasteiger partial charge in [-0.3, -0.25) is 9.59 Å². The van der Waals surface area contributed by atoms with E-state index in [4.69, 9.17) is 4.74 Å². The molecule has 29 heavy (non-hydrogen) atoms. The van der Waals surface area contributed by atoms with E-state index >= 15 is 0 Å². The van der Waals surface area contributed by atoms with E-state index in [0.717, 1.165) is 24.9 Å². The Morgan fingerprint density at radius 1 is 1.14 bits per heavy atom. The van der Waals surface area contributed by atoms with E-state index in [1.54, 1.807) is 17.0 Å². The van der Waals surface area contributed by atoms with Gasteiger partial charge in [0, 0.05) is 37.3 Å². The van der Waals surface area contributed by atoms with Gasteiger partial charge in [0.25, 0.3) is 5.91 Å². The Morgan fingerprint density at radius 2 is 1.90 bits per heavy atom. The quantitative estimate of drug-likeness (QED) is 0.863.